The van der Waals surface area contributed by atoms with Gasteiger partial charge in [-0.05, 0) is 12.8 Å². The van der Waals surface area contributed by atoms with E-state index in [0.717, 1.165) is 0 Å². The quantitative estimate of drug-likeness (QED) is 0.732. The molecule has 2 atom stereocenters. The predicted octanol–water partition coefficient (Wildman–Crippen LogP) is 2.27. The standard InChI is InChI=1S/C11H19BrN2O2/c1-7(2)8-9(15-4)14-11(3,6-12)10(13-8)16-5/h7-8H,6H2,1-5H3/t8-,11+/m0/s1. The zero-order valence-corrected chi connectivity index (χ0v) is 12.0. The van der Waals surface area contributed by atoms with Gasteiger partial charge in [-0.15, -0.1) is 0 Å². The number of methoxy groups -OCH3 is 2. The van der Waals surface area contributed by atoms with Crippen molar-refractivity contribution in [2.45, 2.75) is 32.4 Å². The minimum absolute atomic E-state index is 0.0490. The van der Waals surface area contributed by atoms with Gasteiger partial charge in [0.2, 0.25) is 11.8 Å². The Bertz CT molecular complexity index is 315. The summed E-state index contributed by atoms with van der Waals surface area (Å²) in [5.74, 6) is 1.67. The Labute approximate surface area is 105 Å². The fourth-order valence-electron chi connectivity index (χ4n) is 1.64. The van der Waals surface area contributed by atoms with Crippen molar-refractivity contribution in [3.63, 3.8) is 0 Å². The maximum Gasteiger partial charge on any atom is 0.213 e. The number of halogens is 1. The number of aliphatic imine (C=N–C) groups is 2. The van der Waals surface area contributed by atoms with Crippen LogP contribution in [0.5, 0.6) is 0 Å². The molecule has 0 aromatic carbocycles. The summed E-state index contributed by atoms with van der Waals surface area (Å²) in [5.41, 5.74) is -0.467. The summed E-state index contributed by atoms with van der Waals surface area (Å²) < 4.78 is 10.6. The van der Waals surface area contributed by atoms with Gasteiger partial charge in [0.1, 0.15) is 11.6 Å². The Morgan fingerprint density at radius 1 is 1.38 bits per heavy atom. The van der Waals surface area contributed by atoms with Crippen molar-refractivity contribution in [1.82, 2.24) is 0 Å². The zero-order chi connectivity index (χ0) is 12.3. The van der Waals surface area contributed by atoms with Gasteiger partial charge in [-0.1, -0.05) is 29.8 Å². The molecule has 0 bridgehead atoms. The molecule has 0 aliphatic carbocycles. The second kappa shape index (κ2) is 5.17. The van der Waals surface area contributed by atoms with E-state index in [-0.39, 0.29) is 6.04 Å². The fraction of sp³-hybridized carbons (Fsp3) is 0.818. The Morgan fingerprint density at radius 3 is 2.38 bits per heavy atom. The maximum absolute atomic E-state index is 5.33. The lowest BCUT2D eigenvalue weighted by atomic mass is 9.99. The molecule has 0 fully saturated rings. The zero-order valence-electron chi connectivity index (χ0n) is 10.5. The minimum atomic E-state index is -0.467. The molecule has 0 unspecified atom stereocenters. The van der Waals surface area contributed by atoms with Crippen LogP contribution in [-0.4, -0.2) is 42.9 Å². The molecule has 0 radical (unpaired) electrons. The van der Waals surface area contributed by atoms with E-state index in [1.165, 1.54) is 0 Å². The lowest BCUT2D eigenvalue weighted by molar-refractivity contribution is 0.318. The van der Waals surface area contributed by atoms with Crippen molar-refractivity contribution in [3.05, 3.63) is 0 Å². The molecule has 1 heterocycles. The summed E-state index contributed by atoms with van der Waals surface area (Å²) in [6.45, 7) is 6.15. The van der Waals surface area contributed by atoms with E-state index in [1.807, 2.05) is 6.92 Å². The first-order chi connectivity index (χ1) is 7.48. The Hall–Kier alpha value is -0.580. The van der Waals surface area contributed by atoms with E-state index < -0.39 is 5.54 Å². The molecule has 1 rings (SSSR count). The number of alkyl halides is 1. The third kappa shape index (κ3) is 2.39. The molecular formula is C11H19BrN2O2. The van der Waals surface area contributed by atoms with Gasteiger partial charge in [0, 0.05) is 5.33 Å². The monoisotopic (exact) mass is 290 g/mol. The van der Waals surface area contributed by atoms with Crippen molar-refractivity contribution < 1.29 is 9.47 Å². The van der Waals surface area contributed by atoms with Gasteiger partial charge >= 0.3 is 0 Å². The summed E-state index contributed by atoms with van der Waals surface area (Å²) in [4.78, 5) is 9.18. The molecule has 1 aliphatic heterocycles. The molecule has 16 heavy (non-hydrogen) atoms. The largest absolute Gasteiger partial charge is 0.483 e. The first kappa shape index (κ1) is 13.5. The van der Waals surface area contributed by atoms with E-state index in [0.29, 0.717) is 23.0 Å². The van der Waals surface area contributed by atoms with Gasteiger partial charge in [0.25, 0.3) is 0 Å². The normalized spacial score (nSPS) is 29.8. The summed E-state index contributed by atoms with van der Waals surface area (Å²) >= 11 is 3.44. The average molecular weight is 291 g/mol. The highest BCUT2D eigenvalue weighted by molar-refractivity contribution is 9.09. The van der Waals surface area contributed by atoms with Crippen LogP contribution < -0.4 is 0 Å². The number of ether oxygens (including phenoxy) is 2. The fourth-order valence-corrected chi connectivity index (χ4v) is 2.00. The van der Waals surface area contributed by atoms with Crippen molar-refractivity contribution in [2.24, 2.45) is 15.9 Å². The van der Waals surface area contributed by atoms with Crippen LogP contribution in [0.2, 0.25) is 0 Å². The third-order valence-electron chi connectivity index (χ3n) is 2.62. The Kier molecular flexibility index (Phi) is 4.35. The maximum atomic E-state index is 5.33. The number of nitrogens with zero attached hydrogens (tertiary/aromatic N) is 2. The highest BCUT2D eigenvalue weighted by Gasteiger charge is 2.38. The van der Waals surface area contributed by atoms with Crippen molar-refractivity contribution >= 4 is 27.7 Å². The van der Waals surface area contributed by atoms with Gasteiger partial charge in [0.05, 0.1) is 14.2 Å². The van der Waals surface area contributed by atoms with Crippen LogP contribution >= 0.6 is 15.9 Å². The molecule has 0 spiro atoms. The van der Waals surface area contributed by atoms with Crippen LogP contribution in [0.15, 0.2) is 9.98 Å². The van der Waals surface area contributed by atoms with Crippen LogP contribution in [0, 0.1) is 5.92 Å². The van der Waals surface area contributed by atoms with E-state index >= 15 is 0 Å². The number of hydrogen-bond acceptors (Lipinski definition) is 4. The molecule has 5 heteroatoms. The lowest BCUT2D eigenvalue weighted by Crippen LogP contribution is -2.45. The molecule has 0 aromatic rings. The van der Waals surface area contributed by atoms with E-state index in [4.69, 9.17) is 9.47 Å². The van der Waals surface area contributed by atoms with Gasteiger partial charge in [-0.25, -0.2) is 9.98 Å². The van der Waals surface area contributed by atoms with Gasteiger partial charge in [-0.3, -0.25) is 0 Å². The highest BCUT2D eigenvalue weighted by atomic mass is 79.9. The third-order valence-corrected chi connectivity index (χ3v) is 3.71. The molecular weight excluding hydrogens is 272 g/mol. The van der Waals surface area contributed by atoms with Crippen molar-refractivity contribution in [1.29, 1.82) is 0 Å². The minimum Gasteiger partial charge on any atom is -0.483 e. The first-order valence-electron chi connectivity index (χ1n) is 5.30. The molecule has 0 saturated carbocycles. The van der Waals surface area contributed by atoms with Crippen molar-refractivity contribution in [2.75, 3.05) is 19.5 Å². The Balaban J connectivity index is 3.12. The summed E-state index contributed by atoms with van der Waals surface area (Å²) in [6, 6.07) is -0.0490. The molecule has 1 aliphatic rings. The topological polar surface area (TPSA) is 43.2 Å². The molecule has 0 N–H and O–H groups in total. The van der Waals surface area contributed by atoms with Crippen LogP contribution in [0.3, 0.4) is 0 Å². The molecule has 0 aromatic heterocycles. The van der Waals surface area contributed by atoms with Crippen LogP contribution in [0.1, 0.15) is 20.8 Å². The molecule has 0 amide bonds. The molecule has 92 valence electrons. The van der Waals surface area contributed by atoms with Gasteiger partial charge in [0.15, 0.2) is 0 Å². The first-order valence-corrected chi connectivity index (χ1v) is 6.42. The summed E-state index contributed by atoms with van der Waals surface area (Å²) in [5, 5.41) is 0.657. The lowest BCUT2D eigenvalue weighted by Gasteiger charge is -2.32. The SMILES string of the molecule is COC1=N[C@](C)(CBr)C(OC)=N[C@H]1C(C)C. The van der Waals surface area contributed by atoms with E-state index in [1.54, 1.807) is 14.2 Å². The highest BCUT2D eigenvalue weighted by Crippen LogP contribution is 2.25. The second-order valence-electron chi connectivity index (χ2n) is 4.39. The van der Waals surface area contributed by atoms with Crippen molar-refractivity contribution in [3.8, 4) is 0 Å². The summed E-state index contributed by atoms with van der Waals surface area (Å²) in [6.07, 6.45) is 0. The van der Waals surface area contributed by atoms with Gasteiger partial charge in [-0.2, -0.15) is 0 Å². The average Bonchev–Trinajstić information content (AvgIpc) is 2.28. The predicted molar refractivity (Wildman–Crippen MR) is 69.7 cm³/mol. The number of hydrogen-bond donors (Lipinski definition) is 0. The smallest absolute Gasteiger partial charge is 0.213 e. The van der Waals surface area contributed by atoms with Crippen LogP contribution in [0.4, 0.5) is 0 Å². The van der Waals surface area contributed by atoms with Crippen LogP contribution in [0.25, 0.3) is 0 Å². The number of rotatable bonds is 2. The second-order valence-corrected chi connectivity index (χ2v) is 4.95. The van der Waals surface area contributed by atoms with E-state index in [2.05, 4.69) is 39.8 Å². The molecule has 0 saturated heterocycles. The Morgan fingerprint density at radius 2 is 2.00 bits per heavy atom. The van der Waals surface area contributed by atoms with Gasteiger partial charge < -0.3 is 9.47 Å². The van der Waals surface area contributed by atoms with Crippen LogP contribution in [-0.2, 0) is 9.47 Å². The van der Waals surface area contributed by atoms with E-state index in [9.17, 15) is 0 Å². The summed E-state index contributed by atoms with van der Waals surface area (Å²) in [7, 11) is 3.26. The molecule has 4 nitrogen and oxygen atoms in total.